The van der Waals surface area contributed by atoms with E-state index in [0.717, 1.165) is 0 Å². The van der Waals surface area contributed by atoms with Crippen molar-refractivity contribution in [3.05, 3.63) is 0 Å². The van der Waals surface area contributed by atoms with Crippen molar-refractivity contribution >= 4 is 58.3 Å². The van der Waals surface area contributed by atoms with Crippen LogP contribution in [0.5, 0.6) is 0 Å². The molecule has 0 N–H and O–H groups in total. The summed E-state index contributed by atoms with van der Waals surface area (Å²) in [5.41, 5.74) is 0. The topological polar surface area (TPSA) is 0 Å². The zero-order valence-corrected chi connectivity index (χ0v) is 7.26. The van der Waals surface area contributed by atoms with Crippen LogP contribution in [-0.4, -0.2) is 15.1 Å². The van der Waals surface area contributed by atoms with Crippen LogP contribution in [0.3, 0.4) is 0 Å². The van der Waals surface area contributed by atoms with E-state index in [0.29, 0.717) is 0 Å². The highest BCUT2D eigenvalue weighted by molar-refractivity contribution is 7.54. The molecular weight excluding hydrogens is 176 g/mol. The average molecular weight is 183 g/mol. The van der Waals surface area contributed by atoms with Gasteiger partial charge in [0.15, 0.2) is 0 Å². The smallest absolute Gasteiger partial charge is 0.153 e. The minimum absolute atomic E-state index is 0. The molecule has 40 valence electrons. The first-order valence-electron chi connectivity index (χ1n) is 0.655. The van der Waals surface area contributed by atoms with Gasteiger partial charge >= 0.3 is 6.73 Å². The summed E-state index contributed by atoms with van der Waals surface area (Å²) in [6.45, 7) is -1.72. The Morgan fingerprint density at radius 2 is 1.00 bits per heavy atom. The molecule has 0 bridgehead atoms. The third-order valence-corrected chi connectivity index (χ3v) is 0. The van der Waals surface area contributed by atoms with Gasteiger partial charge in [-0.25, -0.2) is 0 Å². The fourth-order valence-electron chi connectivity index (χ4n) is 0. The van der Waals surface area contributed by atoms with Crippen LogP contribution < -0.4 is 0 Å². The highest BCUT2D eigenvalue weighted by atomic mass is 35.8. The van der Waals surface area contributed by atoms with Crippen molar-refractivity contribution in [3.8, 4) is 0 Å². The van der Waals surface area contributed by atoms with Crippen molar-refractivity contribution in [2.45, 2.75) is 0 Å². The first-order valence-corrected chi connectivity index (χ1v) is 5.89. The van der Waals surface area contributed by atoms with E-state index in [1.54, 1.807) is 0 Å². The van der Waals surface area contributed by atoms with Crippen LogP contribution in [0, 0.1) is 0 Å². The lowest BCUT2D eigenvalue weighted by Crippen LogP contribution is -1.66. The maximum Gasteiger partial charge on any atom is 0.326 e. The second kappa shape index (κ2) is 9.77. The molecule has 0 saturated heterocycles. The molecule has 0 amide bonds. The van der Waals surface area contributed by atoms with Crippen LogP contribution in [0.2, 0.25) is 0 Å². The quantitative estimate of drug-likeness (QED) is 0.288. The van der Waals surface area contributed by atoms with Crippen molar-refractivity contribution < 1.29 is 0 Å². The summed E-state index contributed by atoms with van der Waals surface area (Å²) in [4.78, 5) is 0. The highest BCUT2D eigenvalue weighted by Gasteiger charge is 1.85. The zero-order chi connectivity index (χ0) is 3.58. The maximum absolute atomic E-state index is 4.94. The number of hydrogen-bond acceptors (Lipinski definition) is 0. The van der Waals surface area contributed by atoms with E-state index in [-0.39, 0.29) is 18.3 Å². The van der Waals surface area contributed by atoms with Gasteiger partial charge in [0.2, 0.25) is 0 Å². The molecule has 0 heterocycles. The van der Waals surface area contributed by atoms with Crippen molar-refractivity contribution in [2.75, 3.05) is 0 Å². The van der Waals surface area contributed by atoms with Crippen molar-refractivity contribution in [2.24, 2.45) is 0 Å². The molecule has 0 saturated carbocycles. The Morgan fingerprint density at radius 1 is 1.00 bits per heavy atom. The third kappa shape index (κ3) is 46.8. The zero-order valence-electron chi connectivity index (χ0n) is 2.42. The fourth-order valence-corrected chi connectivity index (χ4v) is 0. The molecule has 1 atom stereocenters. The monoisotopic (exact) mass is 182 g/mol. The molecule has 0 aliphatic heterocycles. The second-order valence-corrected chi connectivity index (χ2v) is 6.68. The van der Waals surface area contributed by atoms with E-state index in [9.17, 15) is 0 Å². The SMILES string of the molecule is B.Cl[SiH](Cl)Cl.P. The van der Waals surface area contributed by atoms with E-state index >= 15 is 0 Å². The Morgan fingerprint density at radius 3 is 1.00 bits per heavy atom. The lowest BCUT2D eigenvalue weighted by atomic mass is 10.8. The van der Waals surface area contributed by atoms with Gasteiger partial charge in [0, 0.05) is 0 Å². The Bertz CT molecular complexity index is 15.5. The minimum atomic E-state index is -1.72. The molecule has 0 spiro atoms. The maximum atomic E-state index is 4.94. The van der Waals surface area contributed by atoms with E-state index in [1.165, 1.54) is 0 Å². The van der Waals surface area contributed by atoms with Crippen LogP contribution in [-0.2, 0) is 0 Å². The van der Waals surface area contributed by atoms with Crippen molar-refractivity contribution in [1.82, 2.24) is 0 Å². The summed E-state index contributed by atoms with van der Waals surface area (Å²) in [5, 5.41) is 0. The van der Waals surface area contributed by atoms with Crippen LogP contribution >= 0.6 is 43.1 Å². The fraction of sp³-hybridized carbons (Fsp3) is 0. The average Bonchev–Trinajstić information content (AvgIpc) is 0.811. The van der Waals surface area contributed by atoms with E-state index in [1.807, 2.05) is 0 Å². The first-order chi connectivity index (χ1) is 1.73. The van der Waals surface area contributed by atoms with E-state index in [4.69, 9.17) is 33.2 Å². The summed E-state index contributed by atoms with van der Waals surface area (Å²) >= 11 is 14.8. The molecule has 1 unspecified atom stereocenters. The molecule has 0 rings (SSSR count). The standard InChI is InChI=1S/BH3.Cl3HSi.H3P/c;1-4(2)3;/h1H3;4H;1H3. The first kappa shape index (κ1) is 15.6. The second-order valence-electron chi connectivity index (χ2n) is 0.247. The van der Waals surface area contributed by atoms with Gasteiger partial charge in [-0.3, -0.25) is 0 Å². The molecule has 0 aromatic carbocycles. The van der Waals surface area contributed by atoms with Gasteiger partial charge in [0.1, 0.15) is 0 Å². The molecule has 0 aromatic heterocycles. The van der Waals surface area contributed by atoms with Crippen LogP contribution in [0.1, 0.15) is 0 Å². The van der Waals surface area contributed by atoms with Gasteiger partial charge in [0.05, 0.1) is 8.41 Å². The molecule has 0 aliphatic carbocycles. The molecule has 0 fully saturated rings. The normalized spacial score (nSPS) is 6.00. The Labute approximate surface area is 58.5 Å². The number of rotatable bonds is 0. The summed E-state index contributed by atoms with van der Waals surface area (Å²) in [5.74, 6) is 0. The minimum Gasteiger partial charge on any atom is -0.153 e. The van der Waals surface area contributed by atoms with Crippen LogP contribution in [0.25, 0.3) is 0 Å². The van der Waals surface area contributed by atoms with Crippen LogP contribution in [0.4, 0.5) is 0 Å². The largest absolute Gasteiger partial charge is 0.326 e. The van der Waals surface area contributed by atoms with Crippen molar-refractivity contribution in [1.29, 1.82) is 0 Å². The molecule has 6 heavy (non-hydrogen) atoms. The lowest BCUT2D eigenvalue weighted by molar-refractivity contribution is 4.07. The van der Waals surface area contributed by atoms with Crippen molar-refractivity contribution in [3.63, 3.8) is 0 Å². The summed E-state index contributed by atoms with van der Waals surface area (Å²) < 4.78 is 0. The van der Waals surface area contributed by atoms with Crippen LogP contribution in [0.15, 0.2) is 0 Å². The lowest BCUT2D eigenvalue weighted by Gasteiger charge is -1.65. The summed E-state index contributed by atoms with van der Waals surface area (Å²) in [7, 11) is 0. The van der Waals surface area contributed by atoms with Gasteiger partial charge in [-0.1, -0.05) is 0 Å². The molecule has 0 aliphatic rings. The molecule has 0 nitrogen and oxygen atoms in total. The van der Waals surface area contributed by atoms with Gasteiger partial charge in [0.25, 0.3) is 0 Å². The Hall–Kier alpha value is 1.58. The third-order valence-electron chi connectivity index (χ3n) is 0. The van der Waals surface area contributed by atoms with Gasteiger partial charge in [-0.2, -0.15) is 9.90 Å². The molecule has 0 aromatic rings. The highest BCUT2D eigenvalue weighted by Crippen LogP contribution is 1.97. The Balaban J connectivity index is -0.0000000450. The van der Waals surface area contributed by atoms with E-state index < -0.39 is 6.73 Å². The Kier molecular flexibility index (Phi) is 25.5. The predicted octanol–water partition coefficient (Wildman–Crippen LogP) is 0.294. The molecular formula is H7BCl3PSi. The molecule has 0 radical (unpaired) electrons. The summed E-state index contributed by atoms with van der Waals surface area (Å²) in [6, 6.07) is 0. The predicted molar refractivity (Wildman–Crippen MR) is 45.8 cm³/mol. The number of hydrogen-bond donors (Lipinski definition) is 0. The molecule has 6 heteroatoms. The summed E-state index contributed by atoms with van der Waals surface area (Å²) in [6.07, 6.45) is 0. The van der Waals surface area contributed by atoms with E-state index in [2.05, 4.69) is 0 Å². The van der Waals surface area contributed by atoms with Gasteiger partial charge in [-0.05, 0) is 0 Å². The van der Waals surface area contributed by atoms with Gasteiger partial charge < -0.3 is 0 Å². The number of halogens is 3. The van der Waals surface area contributed by atoms with Gasteiger partial charge in [-0.15, -0.1) is 33.2 Å².